The summed E-state index contributed by atoms with van der Waals surface area (Å²) in [7, 11) is 0. The van der Waals surface area contributed by atoms with Crippen LogP contribution in [0.4, 0.5) is 5.00 Å². The molecule has 3 rings (SSSR count). The zero-order valence-electron chi connectivity index (χ0n) is 9.80. The second-order valence-electron chi connectivity index (χ2n) is 4.15. The Labute approximate surface area is 115 Å². The van der Waals surface area contributed by atoms with E-state index in [1.54, 1.807) is 11.5 Å². The van der Waals surface area contributed by atoms with Crippen molar-refractivity contribution in [3.8, 4) is 11.1 Å². The van der Waals surface area contributed by atoms with Crippen molar-refractivity contribution in [1.82, 2.24) is 4.37 Å². The molecule has 94 valence electrons. The molecule has 0 N–H and O–H groups in total. The van der Waals surface area contributed by atoms with Crippen LogP contribution in [0.15, 0.2) is 30.5 Å². The van der Waals surface area contributed by atoms with E-state index in [0.717, 1.165) is 36.9 Å². The van der Waals surface area contributed by atoms with Gasteiger partial charge in [0.2, 0.25) is 0 Å². The second-order valence-corrected chi connectivity index (χ2v) is 5.37. The van der Waals surface area contributed by atoms with Gasteiger partial charge < -0.3 is 9.64 Å². The number of aromatic nitrogens is 1. The van der Waals surface area contributed by atoms with Gasteiger partial charge in [0.05, 0.1) is 19.4 Å². The summed E-state index contributed by atoms with van der Waals surface area (Å²) >= 11 is 7.46. The second kappa shape index (κ2) is 5.26. The van der Waals surface area contributed by atoms with Crippen LogP contribution < -0.4 is 4.90 Å². The molecule has 0 radical (unpaired) electrons. The zero-order chi connectivity index (χ0) is 12.4. The summed E-state index contributed by atoms with van der Waals surface area (Å²) in [4.78, 5) is 2.34. The molecule has 0 spiro atoms. The predicted molar refractivity (Wildman–Crippen MR) is 75.6 cm³/mol. The highest BCUT2D eigenvalue weighted by molar-refractivity contribution is 7.10. The van der Waals surface area contributed by atoms with Gasteiger partial charge in [-0.2, -0.15) is 4.37 Å². The van der Waals surface area contributed by atoms with Crippen LogP contribution in [-0.4, -0.2) is 30.7 Å². The van der Waals surface area contributed by atoms with Crippen LogP contribution in [0, 0.1) is 0 Å². The number of hydrogen-bond acceptors (Lipinski definition) is 4. The van der Waals surface area contributed by atoms with Crippen LogP contribution in [0.2, 0.25) is 5.02 Å². The third-order valence-electron chi connectivity index (χ3n) is 3.00. The van der Waals surface area contributed by atoms with E-state index in [1.807, 2.05) is 30.5 Å². The maximum Gasteiger partial charge on any atom is 0.120 e. The number of nitrogens with zero attached hydrogens (tertiary/aromatic N) is 2. The van der Waals surface area contributed by atoms with E-state index >= 15 is 0 Å². The Morgan fingerprint density at radius 3 is 2.61 bits per heavy atom. The van der Waals surface area contributed by atoms with Gasteiger partial charge in [0.25, 0.3) is 0 Å². The summed E-state index contributed by atoms with van der Waals surface area (Å²) in [6, 6.07) is 7.90. The van der Waals surface area contributed by atoms with Crippen molar-refractivity contribution in [3.05, 3.63) is 35.5 Å². The normalized spacial score (nSPS) is 15.9. The first-order valence-electron chi connectivity index (χ1n) is 5.88. The third-order valence-corrected chi connectivity index (χ3v) is 4.12. The lowest BCUT2D eigenvalue weighted by atomic mass is 10.1. The monoisotopic (exact) mass is 280 g/mol. The van der Waals surface area contributed by atoms with Gasteiger partial charge in [-0.3, -0.25) is 0 Å². The van der Waals surface area contributed by atoms with Crippen LogP contribution in [-0.2, 0) is 4.74 Å². The van der Waals surface area contributed by atoms with Crippen LogP contribution in [0.3, 0.4) is 0 Å². The molecule has 2 aromatic rings. The molecule has 0 saturated carbocycles. The van der Waals surface area contributed by atoms with Crippen molar-refractivity contribution in [3.63, 3.8) is 0 Å². The van der Waals surface area contributed by atoms with E-state index in [1.165, 1.54) is 10.6 Å². The molecule has 2 heterocycles. The lowest BCUT2D eigenvalue weighted by Gasteiger charge is -2.28. The highest BCUT2D eigenvalue weighted by atomic mass is 35.5. The Hall–Kier alpha value is -1.10. The van der Waals surface area contributed by atoms with Crippen molar-refractivity contribution < 1.29 is 4.74 Å². The van der Waals surface area contributed by atoms with Gasteiger partial charge in [-0.25, -0.2) is 0 Å². The lowest BCUT2D eigenvalue weighted by molar-refractivity contribution is 0.123. The number of ether oxygens (including phenoxy) is 1. The summed E-state index contributed by atoms with van der Waals surface area (Å²) in [5.74, 6) is 0. The van der Waals surface area contributed by atoms with Gasteiger partial charge in [0.15, 0.2) is 0 Å². The molecule has 3 nitrogen and oxygen atoms in total. The number of rotatable bonds is 2. The van der Waals surface area contributed by atoms with Crippen molar-refractivity contribution in [1.29, 1.82) is 0 Å². The Morgan fingerprint density at radius 2 is 1.89 bits per heavy atom. The van der Waals surface area contributed by atoms with Crippen LogP contribution >= 0.6 is 23.1 Å². The average molecular weight is 281 g/mol. The molecule has 0 aliphatic carbocycles. The fourth-order valence-corrected chi connectivity index (χ4v) is 3.01. The predicted octanol–water partition coefficient (Wildman–Crippen LogP) is 3.30. The van der Waals surface area contributed by atoms with Crippen molar-refractivity contribution >= 4 is 28.1 Å². The summed E-state index contributed by atoms with van der Waals surface area (Å²) < 4.78 is 9.71. The van der Waals surface area contributed by atoms with Crippen LogP contribution in [0.25, 0.3) is 11.1 Å². The van der Waals surface area contributed by atoms with Crippen molar-refractivity contribution in [2.24, 2.45) is 0 Å². The molecule has 0 unspecified atom stereocenters. The maximum atomic E-state index is 5.92. The molecule has 0 atom stereocenters. The SMILES string of the molecule is Clc1ccc(-c2cnsc2N2CCOCC2)cc1. The van der Waals surface area contributed by atoms with E-state index < -0.39 is 0 Å². The summed E-state index contributed by atoms with van der Waals surface area (Å²) in [5, 5.41) is 1.98. The quantitative estimate of drug-likeness (QED) is 0.844. The molecular weight excluding hydrogens is 268 g/mol. The van der Waals surface area contributed by atoms with E-state index in [9.17, 15) is 0 Å². The minimum Gasteiger partial charge on any atom is -0.378 e. The smallest absolute Gasteiger partial charge is 0.120 e. The van der Waals surface area contributed by atoms with Crippen LogP contribution in [0.1, 0.15) is 0 Å². The molecule has 1 aromatic heterocycles. The zero-order valence-corrected chi connectivity index (χ0v) is 11.4. The van der Waals surface area contributed by atoms with Gasteiger partial charge >= 0.3 is 0 Å². The number of anilines is 1. The van der Waals surface area contributed by atoms with E-state index in [4.69, 9.17) is 16.3 Å². The van der Waals surface area contributed by atoms with E-state index in [2.05, 4.69) is 9.27 Å². The molecule has 0 amide bonds. The molecule has 18 heavy (non-hydrogen) atoms. The van der Waals surface area contributed by atoms with Crippen molar-refractivity contribution in [2.45, 2.75) is 0 Å². The average Bonchev–Trinajstić information content (AvgIpc) is 2.90. The topological polar surface area (TPSA) is 25.4 Å². The Kier molecular flexibility index (Phi) is 3.50. The summed E-state index contributed by atoms with van der Waals surface area (Å²) in [5.41, 5.74) is 2.34. The minimum absolute atomic E-state index is 0.759. The fourth-order valence-electron chi connectivity index (χ4n) is 2.06. The molecular formula is C13H13ClN2OS. The number of halogens is 1. The van der Waals surface area contributed by atoms with Gasteiger partial charge in [-0.1, -0.05) is 23.7 Å². The standard InChI is InChI=1S/C13H13ClN2OS/c14-11-3-1-10(2-4-11)12-9-15-18-13(12)16-5-7-17-8-6-16/h1-4,9H,5-8H2. The third kappa shape index (κ3) is 2.36. The molecule has 1 aliphatic rings. The summed E-state index contributed by atoms with van der Waals surface area (Å²) in [6.45, 7) is 3.45. The minimum atomic E-state index is 0.759. The molecule has 5 heteroatoms. The molecule has 0 bridgehead atoms. The van der Waals surface area contributed by atoms with Gasteiger partial charge in [0.1, 0.15) is 5.00 Å². The molecule has 1 aliphatic heterocycles. The number of morpholine rings is 1. The lowest BCUT2D eigenvalue weighted by Crippen LogP contribution is -2.35. The van der Waals surface area contributed by atoms with Crippen LogP contribution in [0.5, 0.6) is 0 Å². The Balaban J connectivity index is 1.93. The highest BCUT2D eigenvalue weighted by Crippen LogP contribution is 2.35. The Morgan fingerprint density at radius 1 is 1.17 bits per heavy atom. The van der Waals surface area contributed by atoms with E-state index in [-0.39, 0.29) is 0 Å². The largest absolute Gasteiger partial charge is 0.378 e. The van der Waals surface area contributed by atoms with Gasteiger partial charge in [0, 0.05) is 23.7 Å². The number of benzene rings is 1. The fraction of sp³-hybridized carbons (Fsp3) is 0.308. The van der Waals surface area contributed by atoms with Crippen molar-refractivity contribution in [2.75, 3.05) is 31.2 Å². The maximum absolute atomic E-state index is 5.92. The first-order valence-corrected chi connectivity index (χ1v) is 7.03. The first-order chi connectivity index (χ1) is 8.84. The molecule has 1 aromatic carbocycles. The highest BCUT2D eigenvalue weighted by Gasteiger charge is 2.17. The van der Waals surface area contributed by atoms with Gasteiger partial charge in [-0.15, -0.1) is 0 Å². The first kappa shape index (κ1) is 12.0. The molecule has 1 saturated heterocycles. The van der Waals surface area contributed by atoms with Gasteiger partial charge in [-0.05, 0) is 29.2 Å². The summed E-state index contributed by atoms with van der Waals surface area (Å²) in [6.07, 6.45) is 1.93. The molecule has 1 fully saturated rings. The van der Waals surface area contributed by atoms with E-state index in [0.29, 0.717) is 0 Å². The number of hydrogen-bond donors (Lipinski definition) is 0. The Bertz CT molecular complexity index is 520.